The van der Waals surface area contributed by atoms with E-state index in [1.807, 2.05) is 13.8 Å². The maximum atomic E-state index is 12.8. The van der Waals surface area contributed by atoms with E-state index in [0.29, 0.717) is 29.7 Å². The van der Waals surface area contributed by atoms with E-state index in [0.717, 1.165) is 0 Å². The molecule has 0 bridgehead atoms. The molecule has 1 N–H and O–H groups in total. The molecule has 1 aromatic rings. The lowest BCUT2D eigenvalue weighted by atomic mass is 9.70. The Morgan fingerprint density at radius 3 is 2.75 bits per heavy atom. The molecule has 2 heterocycles. The Balaban J connectivity index is 2.17. The van der Waals surface area contributed by atoms with Gasteiger partial charge in [0.15, 0.2) is 5.78 Å². The number of amides is 1. The van der Waals surface area contributed by atoms with Crippen molar-refractivity contribution in [1.82, 2.24) is 5.32 Å². The van der Waals surface area contributed by atoms with Crippen molar-refractivity contribution in [2.24, 2.45) is 5.41 Å². The number of furan rings is 1. The lowest BCUT2D eigenvalue weighted by Crippen LogP contribution is -2.35. The van der Waals surface area contributed by atoms with Crippen LogP contribution >= 0.6 is 0 Å². The fraction of sp³-hybridized carbons (Fsp3) is 0.389. The van der Waals surface area contributed by atoms with Gasteiger partial charge in [0.25, 0.3) is 0 Å². The lowest BCUT2D eigenvalue weighted by molar-refractivity contribution is -0.119. The summed E-state index contributed by atoms with van der Waals surface area (Å²) in [5, 5.41) is 12.2. The third kappa shape index (κ3) is 2.73. The van der Waals surface area contributed by atoms with Crippen molar-refractivity contribution < 1.29 is 18.7 Å². The van der Waals surface area contributed by atoms with E-state index in [9.17, 15) is 14.9 Å². The largest absolute Gasteiger partial charge is 0.472 e. The molecule has 6 heteroatoms. The minimum absolute atomic E-state index is 0.0397. The Hall–Kier alpha value is -2.81. The van der Waals surface area contributed by atoms with E-state index in [4.69, 9.17) is 9.15 Å². The Bertz CT molecular complexity index is 807. The standard InChI is InChI=1S/C18H18N2O4/c1-10(21)20-17-12(8-19)15(11-4-5-23-9-11)16-13(22)6-18(2,3)7-14(16)24-17/h4-5,9,15H,6-7H2,1-3H3,(H,20,21). The number of hydrogen-bond donors (Lipinski definition) is 1. The molecule has 24 heavy (non-hydrogen) atoms. The molecule has 0 fully saturated rings. The number of carbonyl (C=O) groups excluding carboxylic acids is 2. The number of carbonyl (C=O) groups is 2. The quantitative estimate of drug-likeness (QED) is 0.902. The van der Waals surface area contributed by atoms with Crippen molar-refractivity contribution in [1.29, 1.82) is 5.26 Å². The normalized spacial score (nSPS) is 22.6. The zero-order valence-electron chi connectivity index (χ0n) is 13.8. The zero-order valence-corrected chi connectivity index (χ0v) is 13.8. The van der Waals surface area contributed by atoms with Crippen molar-refractivity contribution in [3.05, 3.63) is 46.9 Å². The summed E-state index contributed by atoms with van der Waals surface area (Å²) in [7, 11) is 0. The van der Waals surface area contributed by atoms with Crippen LogP contribution in [0.4, 0.5) is 0 Å². The van der Waals surface area contributed by atoms with Gasteiger partial charge in [0.1, 0.15) is 17.4 Å². The van der Waals surface area contributed by atoms with E-state index in [2.05, 4.69) is 11.4 Å². The van der Waals surface area contributed by atoms with Crippen LogP contribution in [0.3, 0.4) is 0 Å². The van der Waals surface area contributed by atoms with Crippen LogP contribution in [0.5, 0.6) is 0 Å². The van der Waals surface area contributed by atoms with Gasteiger partial charge in [0, 0.05) is 30.9 Å². The number of nitrogens with zero attached hydrogens (tertiary/aromatic N) is 1. The van der Waals surface area contributed by atoms with Crippen LogP contribution in [-0.4, -0.2) is 11.7 Å². The highest BCUT2D eigenvalue weighted by Gasteiger charge is 2.43. The summed E-state index contributed by atoms with van der Waals surface area (Å²) in [6.07, 6.45) is 3.95. The summed E-state index contributed by atoms with van der Waals surface area (Å²) in [4.78, 5) is 24.2. The van der Waals surface area contributed by atoms with Gasteiger partial charge in [-0.1, -0.05) is 13.8 Å². The van der Waals surface area contributed by atoms with Gasteiger partial charge < -0.3 is 9.15 Å². The molecular weight excluding hydrogens is 308 g/mol. The van der Waals surface area contributed by atoms with Gasteiger partial charge in [0.05, 0.1) is 18.4 Å². The van der Waals surface area contributed by atoms with Crippen LogP contribution in [0.2, 0.25) is 0 Å². The number of ether oxygens (including phenoxy) is 1. The van der Waals surface area contributed by atoms with Crippen LogP contribution in [0.15, 0.2) is 45.8 Å². The highest BCUT2D eigenvalue weighted by atomic mass is 16.5. The first-order chi connectivity index (χ1) is 11.3. The Morgan fingerprint density at radius 1 is 1.42 bits per heavy atom. The second kappa shape index (κ2) is 5.68. The minimum atomic E-state index is -0.581. The highest BCUT2D eigenvalue weighted by molar-refractivity contribution is 6.00. The molecule has 1 aromatic heterocycles. The van der Waals surface area contributed by atoms with Gasteiger partial charge in [-0.2, -0.15) is 5.26 Å². The molecule has 3 rings (SSSR count). The molecule has 0 aromatic carbocycles. The number of nitrogens with one attached hydrogen (secondary N) is 1. The van der Waals surface area contributed by atoms with Crippen molar-refractivity contribution >= 4 is 11.7 Å². The number of nitriles is 1. The van der Waals surface area contributed by atoms with Crippen LogP contribution in [0.25, 0.3) is 0 Å². The highest BCUT2D eigenvalue weighted by Crippen LogP contribution is 2.48. The fourth-order valence-corrected chi connectivity index (χ4v) is 3.29. The molecule has 0 radical (unpaired) electrons. The van der Waals surface area contributed by atoms with Gasteiger partial charge in [-0.15, -0.1) is 0 Å². The number of ketones is 1. The molecule has 1 unspecified atom stereocenters. The molecule has 0 saturated carbocycles. The van der Waals surface area contributed by atoms with Gasteiger partial charge >= 0.3 is 0 Å². The predicted octanol–water partition coefficient (Wildman–Crippen LogP) is 2.91. The van der Waals surface area contributed by atoms with Crippen molar-refractivity contribution in [2.75, 3.05) is 0 Å². The summed E-state index contributed by atoms with van der Waals surface area (Å²) >= 11 is 0. The SMILES string of the molecule is CC(=O)NC1=C(C#N)C(c2ccoc2)C2=C(CC(C)(C)CC2=O)O1. The van der Waals surface area contributed by atoms with E-state index in [-0.39, 0.29) is 28.6 Å². The van der Waals surface area contributed by atoms with Gasteiger partial charge in [-0.05, 0) is 11.5 Å². The molecule has 0 spiro atoms. The first-order valence-corrected chi connectivity index (χ1v) is 7.70. The van der Waals surface area contributed by atoms with Gasteiger partial charge in [0.2, 0.25) is 11.8 Å². The summed E-state index contributed by atoms with van der Waals surface area (Å²) in [6.45, 7) is 5.33. The average Bonchev–Trinajstić information content (AvgIpc) is 2.97. The summed E-state index contributed by atoms with van der Waals surface area (Å²) in [5.41, 5.74) is 1.15. The number of allylic oxidation sites excluding steroid dienone is 3. The topological polar surface area (TPSA) is 92.3 Å². The molecular formula is C18H18N2O4. The second-order valence-electron chi connectivity index (χ2n) is 6.91. The molecule has 1 aliphatic heterocycles. The van der Waals surface area contributed by atoms with E-state index in [1.165, 1.54) is 19.5 Å². The van der Waals surface area contributed by atoms with E-state index < -0.39 is 5.92 Å². The molecule has 1 aliphatic carbocycles. The van der Waals surface area contributed by atoms with Crippen LogP contribution in [-0.2, 0) is 14.3 Å². The molecule has 0 saturated heterocycles. The molecule has 1 amide bonds. The maximum absolute atomic E-state index is 12.8. The zero-order chi connectivity index (χ0) is 17.5. The first-order valence-electron chi connectivity index (χ1n) is 7.70. The molecule has 2 aliphatic rings. The smallest absolute Gasteiger partial charge is 0.223 e. The maximum Gasteiger partial charge on any atom is 0.223 e. The van der Waals surface area contributed by atoms with Crippen LogP contribution < -0.4 is 5.32 Å². The van der Waals surface area contributed by atoms with Crippen molar-refractivity contribution in [3.63, 3.8) is 0 Å². The van der Waals surface area contributed by atoms with Crippen LogP contribution in [0.1, 0.15) is 45.1 Å². The summed E-state index contributed by atoms with van der Waals surface area (Å²) in [5.74, 6) is -0.343. The van der Waals surface area contributed by atoms with Gasteiger partial charge in [-0.25, -0.2) is 0 Å². The Labute approximate surface area is 139 Å². The molecule has 6 nitrogen and oxygen atoms in total. The Morgan fingerprint density at radius 2 is 2.17 bits per heavy atom. The summed E-state index contributed by atoms with van der Waals surface area (Å²) < 4.78 is 10.9. The lowest BCUT2D eigenvalue weighted by Gasteiger charge is -2.37. The number of rotatable bonds is 2. The Kier molecular flexibility index (Phi) is 3.80. The third-order valence-corrected chi connectivity index (χ3v) is 4.21. The third-order valence-electron chi connectivity index (χ3n) is 4.21. The first kappa shape index (κ1) is 16.1. The number of hydrogen-bond acceptors (Lipinski definition) is 5. The van der Waals surface area contributed by atoms with Crippen LogP contribution in [0, 0.1) is 16.7 Å². The van der Waals surface area contributed by atoms with E-state index >= 15 is 0 Å². The average molecular weight is 326 g/mol. The predicted molar refractivity (Wildman–Crippen MR) is 84.0 cm³/mol. The minimum Gasteiger partial charge on any atom is -0.472 e. The fourth-order valence-electron chi connectivity index (χ4n) is 3.29. The van der Waals surface area contributed by atoms with Gasteiger partial charge in [-0.3, -0.25) is 14.9 Å². The molecule has 1 atom stereocenters. The summed E-state index contributed by atoms with van der Waals surface area (Å²) in [6, 6.07) is 3.80. The second-order valence-corrected chi connectivity index (χ2v) is 6.91. The number of Topliss-reactive ketones (excluding diaryl/α,β-unsaturated/α-hetero) is 1. The molecule has 124 valence electrons. The van der Waals surface area contributed by atoms with Crippen molar-refractivity contribution in [3.8, 4) is 6.07 Å². The van der Waals surface area contributed by atoms with E-state index in [1.54, 1.807) is 6.07 Å². The van der Waals surface area contributed by atoms with Crippen molar-refractivity contribution in [2.45, 2.75) is 39.5 Å². The monoisotopic (exact) mass is 326 g/mol.